The summed E-state index contributed by atoms with van der Waals surface area (Å²) in [7, 11) is 0. The van der Waals surface area contributed by atoms with Crippen molar-refractivity contribution in [3.63, 3.8) is 0 Å². The molecule has 1 aromatic heterocycles. The molecule has 3 rings (SSSR count). The molecule has 2 aromatic carbocycles. The highest BCUT2D eigenvalue weighted by molar-refractivity contribution is 7.81. The van der Waals surface area contributed by atoms with Crippen LogP contribution in [0.1, 0.15) is 31.9 Å². The maximum absolute atomic E-state index is 14.2. The van der Waals surface area contributed by atoms with Gasteiger partial charge in [0, 0.05) is 22.7 Å². The van der Waals surface area contributed by atoms with Gasteiger partial charge in [-0.25, -0.2) is 4.39 Å². The molecule has 0 bridgehead atoms. The van der Waals surface area contributed by atoms with Gasteiger partial charge in [0.2, 0.25) is 0 Å². The van der Waals surface area contributed by atoms with Crippen molar-refractivity contribution in [2.24, 2.45) is 0 Å². The van der Waals surface area contributed by atoms with Crippen LogP contribution < -0.4 is 9.88 Å². The van der Waals surface area contributed by atoms with E-state index in [1.807, 2.05) is 24.5 Å². The molecule has 0 unspecified atom stereocenters. The van der Waals surface area contributed by atoms with E-state index in [4.69, 9.17) is 23.8 Å². The Morgan fingerprint density at radius 3 is 2.30 bits per heavy atom. The first kappa shape index (κ1) is 21.9. The van der Waals surface area contributed by atoms with Crippen LogP contribution in [-0.4, -0.2) is 10.1 Å². The van der Waals surface area contributed by atoms with Crippen LogP contribution in [0.4, 0.5) is 10.1 Å². The number of halogens is 2. The summed E-state index contributed by atoms with van der Waals surface area (Å²) in [5.41, 5.74) is 2.15. The summed E-state index contributed by atoms with van der Waals surface area (Å²) >= 11 is 11.7. The quantitative estimate of drug-likeness (QED) is 0.213. The fraction of sp³-hybridized carbons (Fsp3) is 0.167. The monoisotopic (exact) mass is 441 g/mol. The van der Waals surface area contributed by atoms with Crippen LogP contribution in [0.2, 0.25) is 5.02 Å². The highest BCUT2D eigenvalue weighted by Gasteiger charge is 2.25. The van der Waals surface area contributed by atoms with Crippen LogP contribution in [-0.2, 0) is 5.41 Å². The fourth-order valence-electron chi connectivity index (χ4n) is 2.94. The second-order valence-corrected chi connectivity index (χ2v) is 8.73. The first-order valence-corrected chi connectivity index (χ1v) is 10.2. The van der Waals surface area contributed by atoms with Crippen LogP contribution in [0.3, 0.4) is 0 Å². The van der Waals surface area contributed by atoms with Crippen LogP contribution in [0.15, 0.2) is 73.1 Å². The lowest BCUT2D eigenvalue weighted by molar-refractivity contribution is -0.575. The van der Waals surface area contributed by atoms with E-state index in [0.717, 1.165) is 5.56 Å². The molecular weight excluding hydrogens is 419 g/mol. The summed E-state index contributed by atoms with van der Waals surface area (Å²) < 4.78 is 15.9. The topological polar surface area (TPSA) is 36.1 Å². The minimum atomic E-state index is -0.436. The molecule has 2 N–H and O–H groups in total. The molecule has 3 aromatic rings. The summed E-state index contributed by atoms with van der Waals surface area (Å²) in [6.07, 6.45) is 3.65. The number of thiocarbonyl (C=S) groups is 1. The highest BCUT2D eigenvalue weighted by atomic mass is 35.5. The second-order valence-electron chi connectivity index (χ2n) is 7.89. The van der Waals surface area contributed by atoms with Gasteiger partial charge in [0.05, 0.1) is 5.69 Å². The maximum Gasteiger partial charge on any atom is 0.288 e. The molecule has 0 spiro atoms. The number of para-hydroxylation sites is 1. The van der Waals surface area contributed by atoms with Crippen molar-refractivity contribution in [2.75, 3.05) is 5.32 Å². The average Bonchev–Trinajstić information content (AvgIpc) is 2.69. The largest absolute Gasteiger partial charge is 0.502 e. The van der Waals surface area contributed by atoms with Gasteiger partial charge in [-0.3, -0.25) is 0 Å². The first-order valence-electron chi connectivity index (χ1n) is 9.44. The molecule has 0 fully saturated rings. The van der Waals surface area contributed by atoms with Gasteiger partial charge in [0.25, 0.3) is 5.70 Å². The third-order valence-electron chi connectivity index (χ3n) is 4.61. The van der Waals surface area contributed by atoms with E-state index in [9.17, 15) is 9.50 Å². The number of rotatable bonds is 4. The molecule has 30 heavy (non-hydrogen) atoms. The minimum absolute atomic E-state index is 0.0239. The lowest BCUT2D eigenvalue weighted by atomic mass is 9.88. The Morgan fingerprint density at radius 2 is 1.70 bits per heavy atom. The van der Waals surface area contributed by atoms with Crippen LogP contribution >= 0.6 is 23.8 Å². The van der Waals surface area contributed by atoms with Gasteiger partial charge in [0.1, 0.15) is 5.82 Å². The van der Waals surface area contributed by atoms with E-state index >= 15 is 0 Å². The van der Waals surface area contributed by atoms with Crippen LogP contribution in [0.5, 0.6) is 0 Å². The first-order chi connectivity index (χ1) is 14.2. The Balaban J connectivity index is 2.10. The number of aromatic nitrogens is 1. The average molecular weight is 442 g/mol. The number of hydrogen-bond acceptors (Lipinski definition) is 2. The van der Waals surface area contributed by atoms with Gasteiger partial charge >= 0.3 is 0 Å². The zero-order valence-corrected chi connectivity index (χ0v) is 18.6. The van der Waals surface area contributed by atoms with E-state index in [1.54, 1.807) is 47.0 Å². The number of nitrogens with one attached hydrogen (secondary N) is 1. The predicted octanol–water partition coefficient (Wildman–Crippen LogP) is 6.39. The molecule has 0 radical (unpaired) electrons. The number of aliphatic hydroxyl groups excluding tert-OH is 1. The van der Waals surface area contributed by atoms with Gasteiger partial charge in [-0.05, 0) is 35.2 Å². The van der Waals surface area contributed by atoms with E-state index in [1.165, 1.54) is 6.07 Å². The van der Waals surface area contributed by atoms with E-state index < -0.39 is 5.82 Å². The molecule has 0 aliphatic rings. The molecule has 3 nitrogen and oxygen atoms in total. The van der Waals surface area contributed by atoms with Crippen molar-refractivity contribution in [3.8, 4) is 0 Å². The molecular formula is C24H23ClFN2OS+. The van der Waals surface area contributed by atoms with Gasteiger partial charge in [-0.2, -0.15) is 4.57 Å². The lowest BCUT2D eigenvalue weighted by Gasteiger charge is -2.18. The predicted molar refractivity (Wildman–Crippen MR) is 125 cm³/mol. The Hall–Kier alpha value is -2.76. The van der Waals surface area contributed by atoms with Gasteiger partial charge < -0.3 is 10.4 Å². The van der Waals surface area contributed by atoms with Crippen molar-refractivity contribution in [1.82, 2.24) is 0 Å². The SMILES string of the molecule is CC(C)(C)c1cc[n+](C(C(=S)Nc2ccccc2F)=C(O)c2cccc(Cl)c2)cc1. The molecule has 6 heteroatoms. The van der Waals surface area contributed by atoms with E-state index in [0.29, 0.717) is 16.3 Å². The summed E-state index contributed by atoms with van der Waals surface area (Å²) in [4.78, 5) is 0.172. The number of pyridine rings is 1. The molecule has 1 heterocycles. The van der Waals surface area contributed by atoms with Crippen molar-refractivity contribution in [2.45, 2.75) is 26.2 Å². The molecule has 154 valence electrons. The maximum atomic E-state index is 14.2. The third kappa shape index (κ3) is 5.04. The molecule has 0 saturated carbocycles. The van der Waals surface area contributed by atoms with Crippen molar-refractivity contribution >= 4 is 46.0 Å². The van der Waals surface area contributed by atoms with Gasteiger partial charge in [0.15, 0.2) is 23.1 Å². The van der Waals surface area contributed by atoms with Crippen LogP contribution in [0.25, 0.3) is 11.5 Å². The molecule has 0 aliphatic carbocycles. The number of hydrogen-bond donors (Lipinski definition) is 2. The lowest BCUT2D eigenvalue weighted by Crippen LogP contribution is -2.39. The van der Waals surface area contributed by atoms with Crippen molar-refractivity contribution in [1.29, 1.82) is 0 Å². The van der Waals surface area contributed by atoms with E-state index in [2.05, 4.69) is 26.1 Å². The van der Waals surface area contributed by atoms with Crippen molar-refractivity contribution in [3.05, 3.63) is 95.0 Å². The molecule has 0 saturated heterocycles. The molecule has 0 aliphatic heterocycles. The second kappa shape index (κ2) is 8.94. The Kier molecular flexibility index (Phi) is 6.54. The summed E-state index contributed by atoms with van der Waals surface area (Å²) in [5, 5.41) is 14.5. The minimum Gasteiger partial charge on any atom is -0.502 e. The third-order valence-corrected chi connectivity index (χ3v) is 5.14. The van der Waals surface area contributed by atoms with Crippen LogP contribution in [0, 0.1) is 5.82 Å². The highest BCUT2D eigenvalue weighted by Crippen LogP contribution is 2.24. The molecule has 0 atom stereocenters. The van der Waals surface area contributed by atoms with E-state index in [-0.39, 0.29) is 21.9 Å². The number of aliphatic hydroxyl groups is 1. The Bertz CT molecular complexity index is 1100. The number of anilines is 1. The van der Waals surface area contributed by atoms with Gasteiger partial charge in [-0.1, -0.05) is 68.9 Å². The van der Waals surface area contributed by atoms with Crippen molar-refractivity contribution < 1.29 is 14.1 Å². The zero-order chi connectivity index (χ0) is 21.9. The normalized spacial score (nSPS) is 12.3. The number of nitrogens with zero attached hydrogens (tertiary/aromatic N) is 1. The summed E-state index contributed by atoms with van der Waals surface area (Å²) in [6.45, 7) is 6.37. The smallest absolute Gasteiger partial charge is 0.288 e. The summed E-state index contributed by atoms with van der Waals surface area (Å²) in [6, 6.07) is 17.0. The Morgan fingerprint density at radius 1 is 1.03 bits per heavy atom. The standard InChI is InChI=1S/C24H22ClFN2OS/c1-24(2,3)17-11-13-28(14-12-17)21(22(29)16-7-6-8-18(25)15-16)23(30)27-20-10-5-4-9-19(20)26/h4-15H,1-3H3,(H-,27,29,30)/p+1. The molecule has 0 amide bonds. The Labute approximate surface area is 186 Å². The zero-order valence-electron chi connectivity index (χ0n) is 17.0. The number of benzene rings is 2. The fourth-order valence-corrected chi connectivity index (χ4v) is 3.44. The summed E-state index contributed by atoms with van der Waals surface area (Å²) in [5.74, 6) is -0.505. The van der Waals surface area contributed by atoms with Gasteiger partial charge in [-0.15, -0.1) is 0 Å².